The summed E-state index contributed by atoms with van der Waals surface area (Å²) in [6.07, 6.45) is 12.7. The molecule has 4 rings (SSSR count). The Morgan fingerprint density at radius 3 is 2.80 bits per heavy atom. The highest BCUT2D eigenvalue weighted by atomic mass is 16.3. The molecule has 2 aliphatic carbocycles. The Hall–Kier alpha value is -1.44. The van der Waals surface area contributed by atoms with Crippen LogP contribution in [0.2, 0.25) is 0 Å². The van der Waals surface area contributed by atoms with Gasteiger partial charge in [0.15, 0.2) is 0 Å². The van der Waals surface area contributed by atoms with Gasteiger partial charge in [0, 0.05) is 12.0 Å². The monoisotopic (exact) mass is 269 g/mol. The van der Waals surface area contributed by atoms with Gasteiger partial charge in [-0.2, -0.15) is 0 Å². The number of rotatable bonds is 1. The second kappa shape index (κ2) is 4.83. The highest BCUT2D eigenvalue weighted by Gasteiger charge is 2.41. The molecule has 2 heteroatoms. The molecular weight excluding hydrogens is 246 g/mol. The van der Waals surface area contributed by atoms with Crippen LogP contribution in [0.4, 0.5) is 5.69 Å². The van der Waals surface area contributed by atoms with Crippen LogP contribution in [-0.2, 0) is 0 Å². The van der Waals surface area contributed by atoms with Crippen molar-refractivity contribution in [1.82, 2.24) is 0 Å². The van der Waals surface area contributed by atoms with E-state index in [1.807, 2.05) is 12.1 Å². The Morgan fingerprint density at radius 1 is 1.10 bits per heavy atom. The molecule has 0 aromatic heterocycles. The Balaban J connectivity index is 1.71. The first-order valence-corrected chi connectivity index (χ1v) is 8.09. The zero-order valence-corrected chi connectivity index (χ0v) is 11.9. The summed E-state index contributed by atoms with van der Waals surface area (Å²) < 4.78 is 0. The van der Waals surface area contributed by atoms with Crippen LogP contribution in [0.5, 0.6) is 5.75 Å². The summed E-state index contributed by atoms with van der Waals surface area (Å²) >= 11 is 0. The third-order valence-corrected chi connectivity index (χ3v) is 5.58. The predicted molar refractivity (Wildman–Crippen MR) is 82.1 cm³/mol. The van der Waals surface area contributed by atoms with E-state index in [-0.39, 0.29) is 0 Å². The number of aromatic hydroxyl groups is 1. The fourth-order valence-corrected chi connectivity index (χ4v) is 4.60. The number of para-hydroxylation sites is 1. The predicted octanol–water partition coefficient (Wildman–Crippen LogP) is 4.43. The molecule has 1 fully saturated rings. The van der Waals surface area contributed by atoms with Crippen molar-refractivity contribution in [3.05, 3.63) is 35.9 Å². The molecule has 1 saturated carbocycles. The van der Waals surface area contributed by atoms with Crippen molar-refractivity contribution in [2.24, 2.45) is 11.8 Å². The minimum absolute atomic E-state index is 0.419. The molecule has 0 unspecified atom stereocenters. The first kappa shape index (κ1) is 12.3. The first-order valence-electron chi connectivity index (χ1n) is 8.09. The maximum absolute atomic E-state index is 10.2. The SMILES string of the molecule is Oc1cccc2c1N[C@H](C1CCCCC1)[C@@H]1CC=C[C@H]21. The highest BCUT2D eigenvalue weighted by Crippen LogP contribution is 2.50. The summed E-state index contributed by atoms with van der Waals surface area (Å²) in [7, 11) is 0. The summed E-state index contributed by atoms with van der Waals surface area (Å²) in [5, 5.41) is 13.9. The van der Waals surface area contributed by atoms with Gasteiger partial charge in [0.05, 0.1) is 5.69 Å². The molecule has 2 N–H and O–H groups in total. The van der Waals surface area contributed by atoms with Crippen LogP contribution in [0, 0.1) is 11.8 Å². The molecule has 3 atom stereocenters. The molecule has 106 valence electrons. The Kier molecular flexibility index (Phi) is 2.98. The van der Waals surface area contributed by atoms with Gasteiger partial charge in [0.2, 0.25) is 0 Å². The zero-order valence-electron chi connectivity index (χ0n) is 11.9. The third kappa shape index (κ3) is 1.85. The van der Waals surface area contributed by atoms with Crippen molar-refractivity contribution < 1.29 is 5.11 Å². The second-order valence-corrected chi connectivity index (χ2v) is 6.66. The molecule has 1 heterocycles. The molecule has 1 aromatic carbocycles. The summed E-state index contributed by atoms with van der Waals surface area (Å²) in [6, 6.07) is 6.49. The maximum atomic E-state index is 10.2. The normalized spacial score (nSPS) is 32.5. The van der Waals surface area contributed by atoms with Gasteiger partial charge in [-0.15, -0.1) is 0 Å². The quantitative estimate of drug-likeness (QED) is 0.584. The molecule has 0 radical (unpaired) electrons. The van der Waals surface area contributed by atoms with Gasteiger partial charge in [0.1, 0.15) is 5.75 Å². The van der Waals surface area contributed by atoms with Crippen molar-refractivity contribution in [1.29, 1.82) is 0 Å². The molecule has 1 aliphatic heterocycles. The number of nitrogens with one attached hydrogen (secondary N) is 1. The lowest BCUT2D eigenvalue weighted by Crippen LogP contribution is -2.42. The molecule has 1 aromatic rings. The summed E-state index contributed by atoms with van der Waals surface area (Å²) in [5.41, 5.74) is 2.28. The highest BCUT2D eigenvalue weighted by molar-refractivity contribution is 5.66. The van der Waals surface area contributed by atoms with Crippen LogP contribution in [0.15, 0.2) is 30.4 Å². The second-order valence-electron chi connectivity index (χ2n) is 6.66. The smallest absolute Gasteiger partial charge is 0.138 e. The third-order valence-electron chi connectivity index (χ3n) is 5.58. The van der Waals surface area contributed by atoms with E-state index in [4.69, 9.17) is 0 Å². The van der Waals surface area contributed by atoms with Gasteiger partial charge in [-0.05, 0) is 42.7 Å². The lowest BCUT2D eigenvalue weighted by molar-refractivity contribution is 0.247. The average Bonchev–Trinajstić information content (AvgIpc) is 2.97. The largest absolute Gasteiger partial charge is 0.506 e. The summed E-state index contributed by atoms with van der Waals surface area (Å²) in [4.78, 5) is 0. The van der Waals surface area contributed by atoms with E-state index in [1.54, 1.807) is 0 Å². The van der Waals surface area contributed by atoms with Crippen molar-refractivity contribution in [2.45, 2.75) is 50.5 Å². The Labute approximate surface area is 120 Å². The van der Waals surface area contributed by atoms with Gasteiger partial charge in [-0.3, -0.25) is 0 Å². The van der Waals surface area contributed by atoms with Crippen LogP contribution >= 0.6 is 0 Å². The molecule has 0 spiro atoms. The molecule has 20 heavy (non-hydrogen) atoms. The number of phenolic OH excluding ortho intramolecular Hbond substituents is 1. The van der Waals surface area contributed by atoms with Crippen LogP contribution in [0.1, 0.15) is 50.0 Å². The van der Waals surface area contributed by atoms with Gasteiger partial charge < -0.3 is 10.4 Å². The Morgan fingerprint density at radius 2 is 1.95 bits per heavy atom. The fourth-order valence-electron chi connectivity index (χ4n) is 4.60. The van der Waals surface area contributed by atoms with Crippen molar-refractivity contribution in [2.75, 3.05) is 5.32 Å². The van der Waals surface area contributed by atoms with Crippen LogP contribution in [-0.4, -0.2) is 11.1 Å². The average molecular weight is 269 g/mol. The van der Waals surface area contributed by atoms with E-state index in [0.717, 1.165) is 11.6 Å². The van der Waals surface area contributed by atoms with Gasteiger partial charge in [-0.25, -0.2) is 0 Å². The number of anilines is 1. The zero-order chi connectivity index (χ0) is 13.5. The van der Waals surface area contributed by atoms with E-state index < -0.39 is 0 Å². The first-order chi connectivity index (χ1) is 9.84. The fraction of sp³-hybridized carbons (Fsp3) is 0.556. The van der Waals surface area contributed by atoms with E-state index >= 15 is 0 Å². The van der Waals surface area contributed by atoms with Crippen molar-refractivity contribution in [3.8, 4) is 5.75 Å². The van der Waals surface area contributed by atoms with Crippen LogP contribution in [0.3, 0.4) is 0 Å². The van der Waals surface area contributed by atoms with Gasteiger partial charge in [0.25, 0.3) is 0 Å². The van der Waals surface area contributed by atoms with E-state index in [0.29, 0.717) is 23.6 Å². The molecule has 2 nitrogen and oxygen atoms in total. The number of hydrogen-bond donors (Lipinski definition) is 2. The number of hydrogen-bond acceptors (Lipinski definition) is 2. The lowest BCUT2D eigenvalue weighted by atomic mass is 9.71. The summed E-state index contributed by atoms with van der Waals surface area (Å²) in [5.74, 6) is 2.39. The van der Waals surface area contributed by atoms with Crippen molar-refractivity contribution >= 4 is 5.69 Å². The van der Waals surface area contributed by atoms with E-state index in [1.165, 1.54) is 44.1 Å². The lowest BCUT2D eigenvalue weighted by Gasteiger charge is -2.42. The van der Waals surface area contributed by atoms with Crippen molar-refractivity contribution in [3.63, 3.8) is 0 Å². The van der Waals surface area contributed by atoms with Crippen LogP contribution in [0.25, 0.3) is 0 Å². The van der Waals surface area contributed by atoms with Gasteiger partial charge in [-0.1, -0.05) is 43.5 Å². The molecule has 0 saturated heterocycles. The molecule has 0 bridgehead atoms. The van der Waals surface area contributed by atoms with Gasteiger partial charge >= 0.3 is 0 Å². The molecule has 0 amide bonds. The molecule has 3 aliphatic rings. The summed E-state index contributed by atoms with van der Waals surface area (Å²) in [6.45, 7) is 0. The number of fused-ring (bicyclic) bond motifs is 3. The standard InChI is InChI=1S/C18H23NO/c20-16-11-5-10-15-13-8-4-9-14(13)17(19-18(15)16)12-6-2-1-3-7-12/h4-5,8,10-14,17,19-20H,1-3,6-7,9H2/t13-,14+,17+/m0/s1. The number of benzene rings is 1. The van der Waals surface area contributed by atoms with E-state index in [9.17, 15) is 5.11 Å². The maximum Gasteiger partial charge on any atom is 0.138 e. The van der Waals surface area contributed by atoms with Crippen LogP contribution < -0.4 is 5.32 Å². The topological polar surface area (TPSA) is 32.3 Å². The minimum atomic E-state index is 0.419. The Bertz CT molecular complexity index is 530. The minimum Gasteiger partial charge on any atom is -0.506 e. The number of phenols is 1. The van der Waals surface area contributed by atoms with E-state index in [2.05, 4.69) is 23.5 Å². The molecular formula is C18H23NO. The number of allylic oxidation sites excluding steroid dienone is 2.